The summed E-state index contributed by atoms with van der Waals surface area (Å²) in [5.74, 6) is 0. The average Bonchev–Trinajstić information content (AvgIpc) is 3.71. The van der Waals surface area contributed by atoms with E-state index in [1.54, 1.807) is 0 Å². The largest absolute Gasteiger partial charge is 0.454 e. The van der Waals surface area contributed by atoms with Crippen LogP contribution in [0, 0.1) is 6.92 Å². The van der Waals surface area contributed by atoms with Crippen molar-refractivity contribution in [2.75, 3.05) is 0 Å². The highest BCUT2D eigenvalue weighted by molar-refractivity contribution is 6.73. The van der Waals surface area contributed by atoms with Gasteiger partial charge in [0.1, 0.15) is 16.7 Å². The van der Waals surface area contributed by atoms with E-state index in [2.05, 4.69) is 103 Å². The predicted octanol–water partition coefficient (Wildman–Crippen LogP) is 7.85. The van der Waals surface area contributed by atoms with Crippen LogP contribution in [0.5, 0.6) is 0 Å². The standard InChI is InChI=1S/C35H20BN2O2/c1-18-16-24(19-10-6-11-22-29-20-8-2-4-14-27(20)40-35(29)37-31(19)22)30-26(17-18)38-32-23(12-7-13-25(32)36-30)34-33(38)21-9-3-5-15-28(21)39-34/h2-17,37H,1H3. The van der Waals surface area contributed by atoms with E-state index in [1.165, 1.54) is 44.2 Å². The molecular weight excluding hydrogens is 491 g/mol. The van der Waals surface area contributed by atoms with Gasteiger partial charge in [0, 0.05) is 32.8 Å². The maximum Gasteiger partial charge on any atom is 0.206 e. The Labute approximate surface area is 228 Å². The molecule has 5 heteroatoms. The van der Waals surface area contributed by atoms with Crippen molar-refractivity contribution in [1.29, 1.82) is 0 Å². The van der Waals surface area contributed by atoms with E-state index in [-0.39, 0.29) is 0 Å². The summed E-state index contributed by atoms with van der Waals surface area (Å²) in [5.41, 5.74) is 14.2. The molecule has 0 bridgehead atoms. The number of nitrogens with one attached hydrogen (secondary N) is 1. The third-order valence-corrected chi connectivity index (χ3v) is 8.63. The van der Waals surface area contributed by atoms with Crippen molar-refractivity contribution in [2.45, 2.75) is 6.92 Å². The van der Waals surface area contributed by atoms with Gasteiger partial charge >= 0.3 is 0 Å². The molecule has 0 fully saturated rings. The van der Waals surface area contributed by atoms with Gasteiger partial charge in [0.25, 0.3) is 0 Å². The zero-order chi connectivity index (χ0) is 26.1. The first-order valence-corrected chi connectivity index (χ1v) is 13.6. The Bertz CT molecular complexity index is 2540. The SMILES string of the molecule is Cc1cc(-c2cccc3c2[nH]c2oc4ccccc4c23)c2c(c1)-n1c3c(cccc3c3oc4ccccc4c31)[B]2. The molecule has 1 aliphatic rings. The Morgan fingerprint density at radius 3 is 2.33 bits per heavy atom. The molecule has 40 heavy (non-hydrogen) atoms. The van der Waals surface area contributed by atoms with Gasteiger partial charge in [-0.2, -0.15) is 0 Å². The summed E-state index contributed by atoms with van der Waals surface area (Å²) < 4.78 is 15.1. The molecule has 0 spiro atoms. The van der Waals surface area contributed by atoms with E-state index in [4.69, 9.17) is 8.83 Å². The minimum absolute atomic E-state index is 0.818. The number of nitrogens with zero attached hydrogens (tertiary/aromatic N) is 1. The van der Waals surface area contributed by atoms with Crippen molar-refractivity contribution in [3.63, 3.8) is 0 Å². The fraction of sp³-hybridized carbons (Fsp3) is 0.0286. The summed E-state index contributed by atoms with van der Waals surface area (Å²) in [5, 5.41) is 5.73. The van der Waals surface area contributed by atoms with E-state index < -0.39 is 0 Å². The molecule has 0 aliphatic carbocycles. The topological polar surface area (TPSA) is 47.0 Å². The highest BCUT2D eigenvalue weighted by atomic mass is 16.3. The Kier molecular flexibility index (Phi) is 3.67. The normalized spacial score (nSPS) is 12.8. The number of benzene rings is 5. The number of aromatic nitrogens is 2. The molecule has 0 amide bonds. The Hall–Kier alpha value is -5.16. The molecule has 1 aliphatic heterocycles. The molecule has 0 saturated heterocycles. The van der Waals surface area contributed by atoms with Gasteiger partial charge < -0.3 is 18.4 Å². The third kappa shape index (κ3) is 2.44. The van der Waals surface area contributed by atoms with Crippen LogP contribution in [0.3, 0.4) is 0 Å². The van der Waals surface area contributed by atoms with Gasteiger partial charge in [-0.3, -0.25) is 0 Å². The first-order valence-electron chi connectivity index (χ1n) is 13.6. The molecule has 10 rings (SSSR count). The summed E-state index contributed by atoms with van der Waals surface area (Å²) in [6.07, 6.45) is 0. The molecule has 0 unspecified atom stereocenters. The number of hydrogen-bond acceptors (Lipinski definition) is 2. The maximum atomic E-state index is 6.46. The second-order valence-electron chi connectivity index (χ2n) is 10.9. The van der Waals surface area contributed by atoms with Crippen molar-refractivity contribution < 1.29 is 8.83 Å². The number of para-hydroxylation sites is 4. The average molecular weight is 511 g/mol. The van der Waals surface area contributed by atoms with Crippen LogP contribution >= 0.6 is 0 Å². The molecule has 1 N–H and O–H groups in total. The summed E-state index contributed by atoms with van der Waals surface area (Å²) in [7, 11) is 2.34. The van der Waals surface area contributed by atoms with Crippen LogP contribution in [0.15, 0.2) is 106 Å². The van der Waals surface area contributed by atoms with Crippen LogP contribution < -0.4 is 10.9 Å². The monoisotopic (exact) mass is 511 g/mol. The van der Waals surface area contributed by atoms with E-state index >= 15 is 0 Å². The van der Waals surface area contributed by atoms with Gasteiger partial charge in [0.2, 0.25) is 5.71 Å². The lowest BCUT2D eigenvalue weighted by molar-refractivity contribution is 0.657. The summed E-state index contributed by atoms with van der Waals surface area (Å²) in [6.45, 7) is 2.18. The number of H-pyrrole nitrogens is 1. The lowest BCUT2D eigenvalue weighted by Gasteiger charge is -2.24. The van der Waals surface area contributed by atoms with Crippen molar-refractivity contribution in [3.05, 3.63) is 103 Å². The summed E-state index contributed by atoms with van der Waals surface area (Å²) in [6, 6.07) is 34.3. The molecule has 0 atom stereocenters. The second kappa shape index (κ2) is 7.07. The molecule has 4 aromatic heterocycles. The van der Waals surface area contributed by atoms with E-state index in [1.807, 2.05) is 18.2 Å². The van der Waals surface area contributed by atoms with Gasteiger partial charge in [0.15, 0.2) is 12.9 Å². The number of aryl methyl sites for hydroxylation is 1. The molecule has 9 aromatic rings. The van der Waals surface area contributed by atoms with Crippen molar-refractivity contribution in [1.82, 2.24) is 9.55 Å². The number of hydrogen-bond donors (Lipinski definition) is 1. The number of rotatable bonds is 1. The van der Waals surface area contributed by atoms with Crippen LogP contribution in [-0.4, -0.2) is 16.8 Å². The van der Waals surface area contributed by atoms with Gasteiger partial charge in [-0.1, -0.05) is 72.2 Å². The quantitative estimate of drug-likeness (QED) is 0.228. The van der Waals surface area contributed by atoms with Gasteiger partial charge in [-0.15, -0.1) is 0 Å². The van der Waals surface area contributed by atoms with Gasteiger partial charge in [0.05, 0.1) is 16.4 Å². The minimum atomic E-state index is 0.818. The van der Waals surface area contributed by atoms with Crippen molar-refractivity contribution in [3.8, 4) is 16.8 Å². The number of aromatic amines is 1. The molecule has 185 valence electrons. The van der Waals surface area contributed by atoms with Crippen molar-refractivity contribution in [2.24, 2.45) is 0 Å². The fourth-order valence-corrected chi connectivity index (χ4v) is 7.03. The smallest absolute Gasteiger partial charge is 0.206 e. The lowest BCUT2D eigenvalue weighted by atomic mass is 9.59. The van der Waals surface area contributed by atoms with E-state index in [9.17, 15) is 0 Å². The second-order valence-corrected chi connectivity index (χ2v) is 10.9. The van der Waals surface area contributed by atoms with E-state index in [0.29, 0.717) is 0 Å². The molecule has 5 aromatic carbocycles. The lowest BCUT2D eigenvalue weighted by Crippen LogP contribution is -2.37. The molecule has 1 radical (unpaired) electrons. The third-order valence-electron chi connectivity index (χ3n) is 8.63. The minimum Gasteiger partial charge on any atom is -0.454 e. The highest BCUT2D eigenvalue weighted by Gasteiger charge is 2.29. The van der Waals surface area contributed by atoms with Crippen LogP contribution in [0.1, 0.15) is 5.56 Å². The van der Waals surface area contributed by atoms with Crippen LogP contribution in [0.25, 0.3) is 82.8 Å². The predicted molar refractivity (Wildman–Crippen MR) is 165 cm³/mol. The maximum absolute atomic E-state index is 6.46. The summed E-state index contributed by atoms with van der Waals surface area (Å²) >= 11 is 0. The number of furan rings is 2. The van der Waals surface area contributed by atoms with Crippen LogP contribution in [0.4, 0.5) is 0 Å². The Balaban J connectivity index is 1.33. The number of fused-ring (bicyclic) bond motifs is 12. The van der Waals surface area contributed by atoms with Crippen LogP contribution in [0.2, 0.25) is 0 Å². The summed E-state index contributed by atoms with van der Waals surface area (Å²) in [4.78, 5) is 3.64. The van der Waals surface area contributed by atoms with Gasteiger partial charge in [-0.25, -0.2) is 0 Å². The molecule has 5 heterocycles. The first kappa shape index (κ1) is 20.8. The van der Waals surface area contributed by atoms with Crippen molar-refractivity contribution >= 4 is 84.1 Å². The molecule has 0 saturated carbocycles. The van der Waals surface area contributed by atoms with Gasteiger partial charge in [-0.05, 0) is 53.8 Å². The Morgan fingerprint density at radius 2 is 1.43 bits per heavy atom. The zero-order valence-corrected chi connectivity index (χ0v) is 21.6. The Morgan fingerprint density at radius 1 is 0.675 bits per heavy atom. The van der Waals surface area contributed by atoms with Crippen LogP contribution in [-0.2, 0) is 0 Å². The molecular formula is C35H20BN2O2. The first-order chi connectivity index (χ1) is 19.7. The highest BCUT2D eigenvalue weighted by Crippen LogP contribution is 2.41. The zero-order valence-electron chi connectivity index (χ0n) is 21.6. The van der Waals surface area contributed by atoms with E-state index in [0.717, 1.165) is 55.0 Å². The molecule has 4 nitrogen and oxygen atoms in total. The fourth-order valence-electron chi connectivity index (χ4n) is 7.03.